The zero-order valence-electron chi connectivity index (χ0n) is 13.8. The van der Waals surface area contributed by atoms with Crippen molar-refractivity contribution in [3.63, 3.8) is 0 Å². The molecule has 1 aliphatic rings. The Morgan fingerprint density at radius 3 is 2.36 bits per heavy atom. The van der Waals surface area contributed by atoms with Crippen molar-refractivity contribution in [1.29, 1.82) is 15.8 Å². The van der Waals surface area contributed by atoms with Crippen LogP contribution < -0.4 is 10.2 Å². The lowest BCUT2D eigenvalue weighted by Gasteiger charge is -2.33. The first-order valence-corrected chi connectivity index (χ1v) is 7.84. The molecular weight excluding hydrogens is 318 g/mol. The predicted octanol–water partition coefficient (Wildman–Crippen LogP) is 2.86. The highest BCUT2D eigenvalue weighted by Gasteiger charge is 2.20. The van der Waals surface area contributed by atoms with E-state index < -0.39 is 5.97 Å². The van der Waals surface area contributed by atoms with Crippen molar-refractivity contribution in [2.24, 2.45) is 5.92 Å². The third-order valence-electron chi connectivity index (χ3n) is 4.21. The van der Waals surface area contributed by atoms with Crippen molar-refractivity contribution in [1.82, 2.24) is 0 Å². The fourth-order valence-electron chi connectivity index (χ4n) is 2.71. The second kappa shape index (κ2) is 7.86. The van der Waals surface area contributed by atoms with Crippen molar-refractivity contribution in [2.45, 2.75) is 19.8 Å². The van der Waals surface area contributed by atoms with E-state index in [4.69, 9.17) is 10.5 Å². The minimum Gasteiger partial charge on any atom is -0.478 e. The highest BCUT2D eigenvalue weighted by molar-refractivity contribution is 5.91. The molecule has 0 aromatic heterocycles. The SMILES string of the molecule is CC1CCN(c2ccc(C(=O)O)cc2NC(C#N)=C(C#N)C#N)CC1. The van der Waals surface area contributed by atoms with Gasteiger partial charge in [0, 0.05) is 13.1 Å². The van der Waals surface area contributed by atoms with Gasteiger partial charge in [-0.05, 0) is 37.0 Å². The molecule has 0 atom stereocenters. The molecule has 0 amide bonds. The number of aromatic carboxylic acids is 1. The van der Waals surface area contributed by atoms with Gasteiger partial charge >= 0.3 is 5.97 Å². The summed E-state index contributed by atoms with van der Waals surface area (Å²) in [5.74, 6) is -0.463. The highest BCUT2D eigenvalue weighted by atomic mass is 16.4. The number of hydrogen-bond acceptors (Lipinski definition) is 6. The summed E-state index contributed by atoms with van der Waals surface area (Å²) < 4.78 is 0. The van der Waals surface area contributed by atoms with Crippen molar-refractivity contribution < 1.29 is 9.90 Å². The summed E-state index contributed by atoms with van der Waals surface area (Å²) in [6.45, 7) is 3.82. The lowest BCUT2D eigenvalue weighted by Crippen LogP contribution is -2.33. The number of carbonyl (C=O) groups is 1. The van der Waals surface area contributed by atoms with E-state index in [0.717, 1.165) is 31.6 Å². The van der Waals surface area contributed by atoms with E-state index in [1.165, 1.54) is 12.1 Å². The maximum Gasteiger partial charge on any atom is 0.335 e. The monoisotopic (exact) mass is 335 g/mol. The number of carboxylic acids is 1. The van der Waals surface area contributed by atoms with Crippen LogP contribution in [0.4, 0.5) is 11.4 Å². The minimum atomic E-state index is -1.09. The van der Waals surface area contributed by atoms with Crippen LogP contribution >= 0.6 is 0 Å². The standard InChI is InChI=1S/C18H17N5O2/c1-12-4-6-23(7-5-12)17-3-2-13(18(24)25)8-15(17)22-16(11-21)14(9-19)10-20/h2-3,8,12,22H,4-7H2,1H3,(H,24,25). The Bertz CT molecular complexity index is 814. The number of allylic oxidation sites excluding steroid dienone is 2. The molecule has 7 heteroatoms. The zero-order valence-corrected chi connectivity index (χ0v) is 13.8. The van der Waals surface area contributed by atoms with E-state index in [0.29, 0.717) is 11.6 Å². The number of piperidine rings is 1. The smallest absolute Gasteiger partial charge is 0.335 e. The normalized spacial score (nSPS) is 13.9. The van der Waals surface area contributed by atoms with Crippen LogP contribution in [0.5, 0.6) is 0 Å². The average molecular weight is 335 g/mol. The number of nitrogens with one attached hydrogen (secondary N) is 1. The molecule has 0 radical (unpaired) electrons. The maximum absolute atomic E-state index is 11.3. The highest BCUT2D eigenvalue weighted by Crippen LogP contribution is 2.32. The second-order valence-corrected chi connectivity index (χ2v) is 5.92. The van der Waals surface area contributed by atoms with E-state index >= 15 is 0 Å². The fraction of sp³-hybridized carbons (Fsp3) is 0.333. The van der Waals surface area contributed by atoms with E-state index in [1.807, 2.05) is 0 Å². The molecular formula is C18H17N5O2. The molecule has 0 bridgehead atoms. The zero-order chi connectivity index (χ0) is 18.4. The number of carboxylic acid groups (broad SMARTS) is 1. The quantitative estimate of drug-likeness (QED) is 0.811. The minimum absolute atomic E-state index is 0.0596. The van der Waals surface area contributed by atoms with Gasteiger partial charge in [0.2, 0.25) is 0 Å². The second-order valence-electron chi connectivity index (χ2n) is 5.92. The molecule has 0 spiro atoms. The Morgan fingerprint density at radius 1 is 1.20 bits per heavy atom. The Kier molecular flexibility index (Phi) is 5.61. The maximum atomic E-state index is 11.3. The molecule has 1 fully saturated rings. The lowest BCUT2D eigenvalue weighted by molar-refractivity contribution is 0.0697. The first kappa shape index (κ1) is 17.8. The third-order valence-corrected chi connectivity index (χ3v) is 4.21. The topological polar surface area (TPSA) is 124 Å². The third kappa shape index (κ3) is 4.07. The lowest BCUT2D eigenvalue weighted by atomic mass is 9.98. The van der Waals surface area contributed by atoms with Crippen LogP contribution in [0.2, 0.25) is 0 Å². The Morgan fingerprint density at radius 2 is 1.84 bits per heavy atom. The molecule has 2 N–H and O–H groups in total. The number of anilines is 2. The summed E-state index contributed by atoms with van der Waals surface area (Å²) in [7, 11) is 0. The number of benzene rings is 1. The summed E-state index contributed by atoms with van der Waals surface area (Å²) in [5, 5.41) is 39.2. The molecule has 1 heterocycles. The van der Waals surface area contributed by atoms with Crippen LogP contribution in [0.1, 0.15) is 30.1 Å². The van der Waals surface area contributed by atoms with Gasteiger partial charge in [-0.25, -0.2) is 4.79 Å². The molecule has 1 aromatic carbocycles. The van der Waals surface area contributed by atoms with Gasteiger partial charge in [0.05, 0.1) is 16.9 Å². The summed E-state index contributed by atoms with van der Waals surface area (Å²) in [5.41, 5.74) is 0.666. The van der Waals surface area contributed by atoms with Crippen LogP contribution in [0.3, 0.4) is 0 Å². The van der Waals surface area contributed by atoms with Gasteiger partial charge in [0.15, 0.2) is 5.57 Å². The Labute approximate surface area is 146 Å². The van der Waals surface area contributed by atoms with Crippen molar-refractivity contribution in [3.05, 3.63) is 35.0 Å². The van der Waals surface area contributed by atoms with Crippen LogP contribution in [0.15, 0.2) is 29.5 Å². The van der Waals surface area contributed by atoms with E-state index in [1.54, 1.807) is 24.3 Å². The van der Waals surface area contributed by atoms with Gasteiger partial charge in [0.1, 0.15) is 23.9 Å². The van der Waals surface area contributed by atoms with Gasteiger partial charge in [-0.3, -0.25) is 0 Å². The first-order chi connectivity index (χ1) is 12.0. The molecule has 25 heavy (non-hydrogen) atoms. The van der Waals surface area contributed by atoms with Gasteiger partial charge in [-0.1, -0.05) is 6.92 Å². The summed E-state index contributed by atoms with van der Waals surface area (Å²) in [4.78, 5) is 13.4. The van der Waals surface area contributed by atoms with Gasteiger partial charge in [0.25, 0.3) is 0 Å². The summed E-state index contributed by atoms with van der Waals surface area (Å²) >= 11 is 0. The molecule has 2 rings (SSSR count). The Balaban J connectivity index is 2.46. The molecule has 1 aromatic rings. The molecule has 0 unspecified atom stereocenters. The van der Waals surface area contributed by atoms with E-state index in [2.05, 4.69) is 17.1 Å². The van der Waals surface area contributed by atoms with Crippen molar-refractivity contribution in [2.75, 3.05) is 23.3 Å². The fourth-order valence-corrected chi connectivity index (χ4v) is 2.71. The average Bonchev–Trinajstić information content (AvgIpc) is 2.62. The number of rotatable bonds is 4. The van der Waals surface area contributed by atoms with Crippen LogP contribution in [0, 0.1) is 39.9 Å². The van der Waals surface area contributed by atoms with Gasteiger partial charge < -0.3 is 15.3 Å². The molecule has 1 saturated heterocycles. The number of nitrogens with zero attached hydrogens (tertiary/aromatic N) is 4. The largest absolute Gasteiger partial charge is 0.478 e. The van der Waals surface area contributed by atoms with Gasteiger partial charge in [-0.2, -0.15) is 15.8 Å². The molecule has 7 nitrogen and oxygen atoms in total. The molecule has 126 valence electrons. The molecule has 0 saturated carbocycles. The summed E-state index contributed by atoms with van der Waals surface area (Å²) in [6.07, 6.45) is 2.03. The number of nitriles is 3. The first-order valence-electron chi connectivity index (χ1n) is 7.84. The van der Waals surface area contributed by atoms with Crippen LogP contribution in [-0.2, 0) is 0 Å². The molecule has 1 aliphatic heterocycles. The predicted molar refractivity (Wildman–Crippen MR) is 91.5 cm³/mol. The van der Waals surface area contributed by atoms with Crippen molar-refractivity contribution >= 4 is 17.3 Å². The van der Waals surface area contributed by atoms with E-state index in [-0.39, 0.29) is 16.8 Å². The summed E-state index contributed by atoms with van der Waals surface area (Å²) in [6, 6.07) is 9.75. The molecule has 0 aliphatic carbocycles. The van der Waals surface area contributed by atoms with Crippen LogP contribution in [0.25, 0.3) is 0 Å². The number of hydrogen-bond donors (Lipinski definition) is 2. The van der Waals surface area contributed by atoms with Gasteiger partial charge in [-0.15, -0.1) is 0 Å². The van der Waals surface area contributed by atoms with Crippen LogP contribution in [-0.4, -0.2) is 24.2 Å². The van der Waals surface area contributed by atoms with E-state index in [9.17, 15) is 15.2 Å². The Hall–Kier alpha value is -3.50. The van der Waals surface area contributed by atoms with Crippen molar-refractivity contribution in [3.8, 4) is 18.2 Å².